The van der Waals surface area contributed by atoms with E-state index < -0.39 is 15.6 Å². The molecule has 0 spiro atoms. The minimum Gasteiger partial charge on any atom is -0.445 e. The van der Waals surface area contributed by atoms with Gasteiger partial charge in [0.2, 0.25) is 15.9 Å². The molecule has 7 nitrogen and oxygen atoms in total. The molecule has 1 aromatic carbocycles. The van der Waals surface area contributed by atoms with Gasteiger partial charge in [-0.05, 0) is 32.0 Å². The molecule has 1 fully saturated rings. The maximum Gasteiger partial charge on any atom is 0.226 e. The van der Waals surface area contributed by atoms with Gasteiger partial charge in [-0.1, -0.05) is 0 Å². The lowest BCUT2D eigenvalue weighted by Gasteiger charge is -2.46. The van der Waals surface area contributed by atoms with E-state index in [-0.39, 0.29) is 0 Å². The van der Waals surface area contributed by atoms with Crippen LogP contribution >= 0.6 is 0 Å². The molecule has 138 valence electrons. The summed E-state index contributed by atoms with van der Waals surface area (Å²) in [6.07, 6.45) is 6.37. The summed E-state index contributed by atoms with van der Waals surface area (Å²) in [7, 11) is -3.24. The molecule has 3 aromatic rings. The van der Waals surface area contributed by atoms with Gasteiger partial charge in [0.1, 0.15) is 6.26 Å². The highest BCUT2D eigenvalue weighted by atomic mass is 32.2. The number of anilines is 1. The van der Waals surface area contributed by atoms with Crippen LogP contribution in [0.2, 0.25) is 0 Å². The van der Waals surface area contributed by atoms with Crippen LogP contribution < -0.4 is 4.90 Å². The molecule has 1 aliphatic rings. The van der Waals surface area contributed by atoms with Crippen molar-refractivity contribution in [1.29, 1.82) is 0 Å². The highest BCUT2D eigenvalue weighted by Gasteiger charge is 2.39. The second-order valence-corrected chi connectivity index (χ2v) is 9.25. The first-order chi connectivity index (χ1) is 12.3. The van der Waals surface area contributed by atoms with Crippen molar-refractivity contribution >= 4 is 26.6 Å². The van der Waals surface area contributed by atoms with E-state index in [9.17, 15) is 8.42 Å². The van der Waals surface area contributed by atoms with E-state index in [1.807, 2.05) is 32.2 Å². The van der Waals surface area contributed by atoms with Gasteiger partial charge in [-0.15, -0.1) is 0 Å². The molecule has 0 unspecified atom stereocenters. The normalized spacial score (nSPS) is 18.5. The molecule has 1 N–H and O–H groups in total. The number of aromatic nitrogens is 2. The van der Waals surface area contributed by atoms with Crippen molar-refractivity contribution in [3.05, 3.63) is 36.9 Å². The fraction of sp³-hybridized carbons (Fsp3) is 0.389. The maximum absolute atomic E-state index is 12.1. The van der Waals surface area contributed by atoms with E-state index >= 15 is 0 Å². The van der Waals surface area contributed by atoms with Crippen LogP contribution in [0.4, 0.5) is 5.69 Å². The Hall–Kier alpha value is -2.32. The fourth-order valence-corrected chi connectivity index (χ4v) is 5.23. The van der Waals surface area contributed by atoms with E-state index in [0.717, 1.165) is 22.2 Å². The van der Waals surface area contributed by atoms with Crippen LogP contribution in [0.1, 0.15) is 13.8 Å². The SMILES string of the molecule is CC1(C)CN(c2cc(-c3ncco3)cc3[nH]ccc23)CCN1S(C)(=O)=O. The van der Waals surface area contributed by atoms with E-state index in [4.69, 9.17) is 4.42 Å². The molecule has 1 saturated heterocycles. The zero-order chi connectivity index (χ0) is 18.5. The first-order valence-corrected chi connectivity index (χ1v) is 10.3. The molecule has 3 heterocycles. The number of benzene rings is 1. The van der Waals surface area contributed by atoms with Crippen molar-refractivity contribution in [3.8, 4) is 11.5 Å². The summed E-state index contributed by atoms with van der Waals surface area (Å²) >= 11 is 0. The monoisotopic (exact) mass is 374 g/mol. The average molecular weight is 374 g/mol. The lowest BCUT2D eigenvalue weighted by Crippen LogP contribution is -2.60. The number of fused-ring (bicyclic) bond motifs is 1. The van der Waals surface area contributed by atoms with Crippen molar-refractivity contribution in [2.45, 2.75) is 19.4 Å². The first-order valence-electron chi connectivity index (χ1n) is 8.49. The number of sulfonamides is 1. The second kappa shape index (κ2) is 5.85. The molecule has 0 amide bonds. The van der Waals surface area contributed by atoms with Gasteiger partial charge in [0, 0.05) is 53.5 Å². The third-order valence-corrected chi connectivity index (χ3v) is 6.37. The topological polar surface area (TPSA) is 82.4 Å². The minimum atomic E-state index is -3.24. The van der Waals surface area contributed by atoms with Crippen molar-refractivity contribution in [2.75, 3.05) is 30.8 Å². The van der Waals surface area contributed by atoms with Crippen LogP contribution in [0.25, 0.3) is 22.4 Å². The van der Waals surface area contributed by atoms with Gasteiger partial charge in [0.25, 0.3) is 0 Å². The summed E-state index contributed by atoms with van der Waals surface area (Å²) < 4.78 is 31.3. The third kappa shape index (κ3) is 2.89. The number of nitrogens with zero attached hydrogens (tertiary/aromatic N) is 3. The van der Waals surface area contributed by atoms with Crippen LogP contribution in [0.15, 0.2) is 41.3 Å². The van der Waals surface area contributed by atoms with Gasteiger partial charge in [-0.2, -0.15) is 4.31 Å². The van der Waals surface area contributed by atoms with Crippen molar-refractivity contribution < 1.29 is 12.8 Å². The molecule has 2 aromatic heterocycles. The highest BCUT2D eigenvalue weighted by Crippen LogP contribution is 2.35. The number of H-pyrrole nitrogens is 1. The molecular formula is C18H22N4O3S. The van der Waals surface area contributed by atoms with Gasteiger partial charge in [0.15, 0.2) is 0 Å². The zero-order valence-corrected chi connectivity index (χ0v) is 15.9. The third-order valence-electron chi connectivity index (χ3n) is 4.89. The Kier molecular flexibility index (Phi) is 3.85. The summed E-state index contributed by atoms with van der Waals surface area (Å²) in [5, 5.41) is 1.10. The van der Waals surface area contributed by atoms with Crippen LogP contribution in [-0.4, -0.2) is 54.1 Å². The van der Waals surface area contributed by atoms with E-state index in [2.05, 4.69) is 20.9 Å². The molecule has 4 rings (SSSR count). The maximum atomic E-state index is 12.1. The molecule has 1 aliphatic heterocycles. The van der Waals surface area contributed by atoms with E-state index in [1.54, 1.807) is 16.8 Å². The lowest BCUT2D eigenvalue weighted by atomic mass is 10.00. The molecule has 26 heavy (non-hydrogen) atoms. The van der Waals surface area contributed by atoms with E-state index in [0.29, 0.717) is 25.5 Å². The van der Waals surface area contributed by atoms with Gasteiger partial charge in [0.05, 0.1) is 12.5 Å². The number of hydrogen-bond acceptors (Lipinski definition) is 5. The number of piperazine rings is 1. The van der Waals surface area contributed by atoms with Gasteiger partial charge in [-0.3, -0.25) is 0 Å². The lowest BCUT2D eigenvalue weighted by molar-refractivity contribution is 0.206. The minimum absolute atomic E-state index is 0.459. The number of hydrogen-bond donors (Lipinski definition) is 1. The smallest absolute Gasteiger partial charge is 0.226 e. The van der Waals surface area contributed by atoms with Gasteiger partial charge >= 0.3 is 0 Å². The second-order valence-electron chi connectivity index (χ2n) is 7.34. The molecule has 0 bridgehead atoms. The number of nitrogens with one attached hydrogen (secondary N) is 1. The van der Waals surface area contributed by atoms with Crippen molar-refractivity contribution in [2.24, 2.45) is 0 Å². The van der Waals surface area contributed by atoms with Gasteiger partial charge < -0.3 is 14.3 Å². The van der Waals surface area contributed by atoms with Crippen LogP contribution in [0.3, 0.4) is 0 Å². The molecule has 0 saturated carbocycles. The van der Waals surface area contributed by atoms with Crippen LogP contribution in [0.5, 0.6) is 0 Å². The number of aromatic amines is 1. The Morgan fingerprint density at radius 3 is 2.73 bits per heavy atom. The summed E-state index contributed by atoms with van der Waals surface area (Å²) in [5.41, 5.74) is 2.45. The Morgan fingerprint density at radius 2 is 2.08 bits per heavy atom. The number of rotatable bonds is 3. The average Bonchev–Trinajstić information content (AvgIpc) is 3.22. The molecule has 0 atom stereocenters. The first kappa shape index (κ1) is 17.1. The van der Waals surface area contributed by atoms with Crippen molar-refractivity contribution in [1.82, 2.24) is 14.3 Å². The summed E-state index contributed by atoms with van der Waals surface area (Å²) in [6, 6.07) is 6.12. The Balaban J connectivity index is 1.76. The van der Waals surface area contributed by atoms with Gasteiger partial charge in [-0.25, -0.2) is 13.4 Å². The predicted molar refractivity (Wildman–Crippen MR) is 102 cm³/mol. The van der Waals surface area contributed by atoms with Crippen LogP contribution in [-0.2, 0) is 10.0 Å². The largest absolute Gasteiger partial charge is 0.445 e. The molecular weight excluding hydrogens is 352 g/mol. The van der Waals surface area contributed by atoms with Crippen LogP contribution in [0, 0.1) is 0 Å². The standard InChI is InChI=1S/C18H22N4O3S/c1-18(2)12-21(7-8-22(18)26(3,23)24)16-11-13(17-20-6-9-25-17)10-15-14(16)4-5-19-15/h4-6,9-11,19H,7-8,12H2,1-3H3. The summed E-state index contributed by atoms with van der Waals surface area (Å²) in [4.78, 5) is 9.74. The number of oxazole rings is 1. The zero-order valence-electron chi connectivity index (χ0n) is 15.1. The van der Waals surface area contributed by atoms with E-state index in [1.165, 1.54) is 6.26 Å². The van der Waals surface area contributed by atoms with Crippen molar-refractivity contribution in [3.63, 3.8) is 0 Å². The quantitative estimate of drug-likeness (QED) is 0.762. The highest BCUT2D eigenvalue weighted by molar-refractivity contribution is 7.88. The fourth-order valence-electron chi connectivity index (χ4n) is 3.86. The Bertz CT molecular complexity index is 1040. The summed E-state index contributed by atoms with van der Waals surface area (Å²) in [6.45, 7) is 5.63. The molecule has 0 radical (unpaired) electrons. The summed E-state index contributed by atoms with van der Waals surface area (Å²) in [5.74, 6) is 0.566. The molecule has 8 heteroatoms. The molecule has 0 aliphatic carbocycles. The predicted octanol–water partition coefficient (Wildman–Crippen LogP) is 2.68. The Morgan fingerprint density at radius 1 is 1.27 bits per heavy atom. The Labute approximate surface area is 152 Å².